The van der Waals surface area contributed by atoms with Gasteiger partial charge in [-0.15, -0.1) is 0 Å². The number of aliphatic hydroxyl groups is 3. The molecular weight excluding hydrogens is 386 g/mol. The largest absolute Gasteiger partial charge is 0.392 e. The molecular formula is C23H35NO6. The van der Waals surface area contributed by atoms with Gasteiger partial charge in [-0.2, -0.15) is 0 Å². The van der Waals surface area contributed by atoms with E-state index >= 15 is 0 Å². The Morgan fingerprint density at radius 3 is 2.63 bits per heavy atom. The molecule has 0 aromatic rings. The van der Waals surface area contributed by atoms with E-state index < -0.39 is 23.4 Å². The minimum atomic E-state index is -1.46. The summed E-state index contributed by atoms with van der Waals surface area (Å²) in [5.41, 5.74) is -3.34. The van der Waals surface area contributed by atoms with Gasteiger partial charge in [0.25, 0.3) is 0 Å². The summed E-state index contributed by atoms with van der Waals surface area (Å²) in [6.45, 7) is 5.21. The van der Waals surface area contributed by atoms with Crippen molar-refractivity contribution in [2.75, 3.05) is 20.8 Å². The molecule has 0 aromatic heterocycles. The summed E-state index contributed by atoms with van der Waals surface area (Å²) in [7, 11) is 3.35. The third-order valence-corrected chi connectivity index (χ3v) is 11.4. The first-order valence-electron chi connectivity index (χ1n) is 11.9. The maximum atomic E-state index is 12.7. The van der Waals surface area contributed by atoms with Gasteiger partial charge < -0.3 is 29.5 Å². The summed E-state index contributed by atoms with van der Waals surface area (Å²) >= 11 is 0. The van der Waals surface area contributed by atoms with E-state index in [9.17, 15) is 15.3 Å². The van der Waals surface area contributed by atoms with E-state index in [2.05, 4.69) is 18.7 Å². The highest BCUT2D eigenvalue weighted by Gasteiger charge is 2.94. The molecule has 4 saturated heterocycles. The van der Waals surface area contributed by atoms with Crippen molar-refractivity contribution >= 4 is 0 Å². The Kier molecular flexibility index (Phi) is 3.37. The van der Waals surface area contributed by atoms with Gasteiger partial charge in [0.1, 0.15) is 17.4 Å². The summed E-state index contributed by atoms with van der Waals surface area (Å²) in [6.07, 6.45) is 1.81. The van der Waals surface area contributed by atoms with Crippen LogP contribution in [0.1, 0.15) is 39.5 Å². The second-order valence-corrected chi connectivity index (χ2v) is 11.6. The zero-order chi connectivity index (χ0) is 21.0. The van der Waals surface area contributed by atoms with Crippen molar-refractivity contribution in [3.05, 3.63) is 0 Å². The van der Waals surface area contributed by atoms with Crippen molar-refractivity contribution in [1.29, 1.82) is 0 Å². The fourth-order valence-electron chi connectivity index (χ4n) is 11.0. The highest BCUT2D eigenvalue weighted by Crippen LogP contribution is 2.83. The predicted molar refractivity (Wildman–Crippen MR) is 105 cm³/mol. The molecule has 0 radical (unpaired) electrons. The number of methoxy groups -OCH3 is 2. The molecule has 5 saturated carbocycles. The zero-order valence-electron chi connectivity index (χ0n) is 18.3. The Morgan fingerprint density at radius 1 is 1.20 bits per heavy atom. The van der Waals surface area contributed by atoms with Crippen molar-refractivity contribution in [3.63, 3.8) is 0 Å². The molecule has 30 heavy (non-hydrogen) atoms. The van der Waals surface area contributed by atoms with Gasteiger partial charge >= 0.3 is 0 Å². The number of hydrogen-bond acceptors (Lipinski definition) is 7. The van der Waals surface area contributed by atoms with Crippen LogP contribution in [0, 0.1) is 34.5 Å². The van der Waals surface area contributed by atoms with Gasteiger partial charge in [0.15, 0.2) is 0 Å². The number of ether oxygens (including phenoxy) is 3. The lowest BCUT2D eigenvalue weighted by Crippen LogP contribution is -2.86. The minimum absolute atomic E-state index is 0.00320. The highest BCUT2D eigenvalue weighted by molar-refractivity contribution is 5.42. The second-order valence-electron chi connectivity index (χ2n) is 11.6. The van der Waals surface area contributed by atoms with Gasteiger partial charge in [-0.05, 0) is 31.7 Å². The molecule has 7 heteroatoms. The predicted octanol–water partition coefficient (Wildman–Crippen LogP) is 0.354. The Hall–Kier alpha value is -0.280. The van der Waals surface area contributed by atoms with Gasteiger partial charge in [0.2, 0.25) is 0 Å². The third kappa shape index (κ3) is 1.48. The normalized spacial score (nSPS) is 69.3. The number of rotatable bonds is 3. The zero-order valence-corrected chi connectivity index (χ0v) is 18.3. The van der Waals surface area contributed by atoms with Crippen LogP contribution >= 0.6 is 0 Å². The standard InChI is InChI=1S/C23H35NO6/c1-5-24-18-22-11-8-10-12(28-3)9-21(26,14(11)15(10)25)23(18,27)17(29-4)16(22)20(2)7-6-13(22)30-19(20)24/h10-19,25-27H,5-9H2,1-4H3. The molecule has 4 heterocycles. The van der Waals surface area contributed by atoms with Crippen LogP contribution in [0.3, 0.4) is 0 Å². The average molecular weight is 422 g/mol. The summed E-state index contributed by atoms with van der Waals surface area (Å²) in [4.78, 5) is 2.35. The lowest BCUT2D eigenvalue weighted by Gasteiger charge is -2.76. The van der Waals surface area contributed by atoms with Crippen molar-refractivity contribution < 1.29 is 29.5 Å². The molecule has 4 aliphatic heterocycles. The molecule has 0 amide bonds. The number of aliphatic hydroxyl groups excluding tert-OH is 1. The minimum Gasteiger partial charge on any atom is -0.392 e. The molecule has 7 nitrogen and oxygen atoms in total. The molecule has 14 atom stereocenters. The Bertz CT molecular complexity index is 811. The molecule has 3 N–H and O–H groups in total. The third-order valence-electron chi connectivity index (χ3n) is 11.4. The van der Waals surface area contributed by atoms with E-state index in [0.29, 0.717) is 6.42 Å². The van der Waals surface area contributed by atoms with Crippen molar-refractivity contribution in [1.82, 2.24) is 4.90 Å². The number of likely N-dealkylation sites (N-methyl/N-ethyl adjacent to an activating group) is 1. The first-order chi connectivity index (χ1) is 14.3. The van der Waals surface area contributed by atoms with Crippen LogP contribution in [-0.4, -0.2) is 88.9 Å². The van der Waals surface area contributed by atoms with Crippen molar-refractivity contribution in [3.8, 4) is 0 Å². The van der Waals surface area contributed by atoms with Crippen LogP contribution in [-0.2, 0) is 14.2 Å². The fraction of sp³-hybridized carbons (Fsp3) is 1.00. The maximum Gasteiger partial charge on any atom is 0.136 e. The molecule has 0 aromatic carbocycles. The van der Waals surface area contributed by atoms with E-state index in [1.807, 2.05) is 0 Å². The van der Waals surface area contributed by atoms with Gasteiger partial charge in [-0.3, -0.25) is 4.90 Å². The lowest BCUT2D eigenvalue weighted by atomic mass is 9.41. The number of nitrogens with zero attached hydrogens (tertiary/aromatic N) is 1. The van der Waals surface area contributed by atoms with E-state index in [-0.39, 0.29) is 59.0 Å². The van der Waals surface area contributed by atoms with Crippen LogP contribution < -0.4 is 0 Å². The first kappa shape index (κ1) is 19.2. The van der Waals surface area contributed by atoms with Crippen LogP contribution in [0.5, 0.6) is 0 Å². The van der Waals surface area contributed by atoms with Crippen LogP contribution in [0.4, 0.5) is 0 Å². The number of hydrogen-bond donors (Lipinski definition) is 3. The summed E-state index contributed by atoms with van der Waals surface area (Å²) < 4.78 is 18.7. The molecule has 5 aliphatic carbocycles. The molecule has 9 fully saturated rings. The molecule has 9 bridgehead atoms. The van der Waals surface area contributed by atoms with E-state index in [1.54, 1.807) is 14.2 Å². The molecule has 1 spiro atoms. The van der Waals surface area contributed by atoms with E-state index in [4.69, 9.17) is 14.2 Å². The van der Waals surface area contributed by atoms with Crippen molar-refractivity contribution in [2.24, 2.45) is 34.5 Å². The number of piperidine rings is 1. The van der Waals surface area contributed by atoms with Gasteiger partial charge in [0.05, 0.1) is 30.5 Å². The lowest BCUT2D eigenvalue weighted by molar-refractivity contribution is -0.404. The Labute approximate surface area is 177 Å². The van der Waals surface area contributed by atoms with Gasteiger partial charge in [-0.1, -0.05) is 13.8 Å². The molecule has 9 rings (SSSR count). The second kappa shape index (κ2) is 5.27. The average Bonchev–Trinajstić information content (AvgIpc) is 3.12. The van der Waals surface area contributed by atoms with Crippen molar-refractivity contribution in [2.45, 2.75) is 87.4 Å². The highest BCUT2D eigenvalue weighted by atomic mass is 16.5. The van der Waals surface area contributed by atoms with Gasteiger partial charge in [-0.25, -0.2) is 0 Å². The molecule has 14 unspecified atom stereocenters. The SMILES string of the molecule is CCN1C2OC3CCC2(C)C2C(OC)C4(O)C1C32C1CC2C(OC)CC4(O)C1C2O. The van der Waals surface area contributed by atoms with E-state index in [1.165, 1.54) is 0 Å². The van der Waals surface area contributed by atoms with Crippen LogP contribution in [0.15, 0.2) is 0 Å². The van der Waals surface area contributed by atoms with E-state index in [0.717, 1.165) is 25.8 Å². The Morgan fingerprint density at radius 2 is 1.97 bits per heavy atom. The smallest absolute Gasteiger partial charge is 0.136 e. The fourth-order valence-corrected chi connectivity index (χ4v) is 11.0. The maximum absolute atomic E-state index is 12.7. The molecule has 168 valence electrons. The summed E-state index contributed by atoms with van der Waals surface area (Å²) in [6, 6.07) is -0.213. The topological polar surface area (TPSA) is 91.6 Å². The quantitative estimate of drug-likeness (QED) is 0.606. The monoisotopic (exact) mass is 421 g/mol. The Balaban J connectivity index is 1.56. The summed E-state index contributed by atoms with van der Waals surface area (Å²) in [5.74, 6) is -0.141. The number of fused-ring (bicyclic) bond motifs is 3. The first-order valence-corrected chi connectivity index (χ1v) is 11.9. The van der Waals surface area contributed by atoms with Crippen LogP contribution in [0.25, 0.3) is 0 Å². The van der Waals surface area contributed by atoms with Crippen LogP contribution in [0.2, 0.25) is 0 Å². The summed E-state index contributed by atoms with van der Waals surface area (Å²) in [5, 5.41) is 36.6. The van der Waals surface area contributed by atoms with Gasteiger partial charge in [0, 0.05) is 49.2 Å². The molecule has 9 aliphatic rings.